The first-order valence-electron chi connectivity index (χ1n) is 7.62. The van der Waals surface area contributed by atoms with Crippen LogP contribution in [0.1, 0.15) is 23.2 Å². The molecule has 1 atom stereocenters. The van der Waals surface area contributed by atoms with Gasteiger partial charge < -0.3 is 15.4 Å². The van der Waals surface area contributed by atoms with Gasteiger partial charge in [-0.05, 0) is 43.0 Å². The number of carbonyl (C=O) groups is 1. The number of aromatic nitrogens is 2. The summed E-state index contributed by atoms with van der Waals surface area (Å²) in [4.78, 5) is 12.2. The number of nitrogens with zero attached hydrogens (tertiary/aromatic N) is 2. The van der Waals surface area contributed by atoms with Gasteiger partial charge >= 0.3 is 12.6 Å². The molecule has 1 aliphatic rings. The standard InChI is InChI=1S/C16H15F2N5O2/c17-15(18)25-14-4-1-9(7-19)5-13(14)22-16(24)21-11-2-3-12-10(6-11)8-20-23-12/h1,4-5,8,11,15H,2-3,6H2,(H,20,23)(H2,21,22,24). The molecule has 0 fully saturated rings. The Hall–Kier alpha value is -3.15. The average molecular weight is 347 g/mol. The Labute approximate surface area is 142 Å². The number of alkyl halides is 2. The molecule has 3 N–H and O–H groups in total. The average Bonchev–Trinajstić information content (AvgIpc) is 3.03. The van der Waals surface area contributed by atoms with Crippen LogP contribution in [0, 0.1) is 11.3 Å². The molecule has 0 saturated carbocycles. The summed E-state index contributed by atoms with van der Waals surface area (Å²) < 4.78 is 29.3. The summed E-state index contributed by atoms with van der Waals surface area (Å²) in [6, 6.07) is 5.08. The summed E-state index contributed by atoms with van der Waals surface area (Å²) in [5.41, 5.74) is 2.34. The number of ether oxygens (including phenoxy) is 1. The van der Waals surface area contributed by atoms with Crippen molar-refractivity contribution in [2.45, 2.75) is 31.9 Å². The molecule has 1 aromatic heterocycles. The van der Waals surface area contributed by atoms with Gasteiger partial charge in [0, 0.05) is 11.7 Å². The minimum Gasteiger partial charge on any atom is -0.433 e. The summed E-state index contributed by atoms with van der Waals surface area (Å²) in [7, 11) is 0. The molecule has 9 heteroatoms. The highest BCUT2D eigenvalue weighted by atomic mass is 19.3. The van der Waals surface area contributed by atoms with Crippen molar-refractivity contribution in [1.29, 1.82) is 5.26 Å². The quantitative estimate of drug-likeness (QED) is 0.791. The zero-order chi connectivity index (χ0) is 17.8. The Morgan fingerprint density at radius 3 is 3.08 bits per heavy atom. The number of nitrogens with one attached hydrogen (secondary N) is 3. The number of amides is 2. The Morgan fingerprint density at radius 2 is 2.32 bits per heavy atom. The van der Waals surface area contributed by atoms with Crippen LogP contribution in [0.3, 0.4) is 0 Å². The molecule has 0 saturated heterocycles. The molecule has 0 radical (unpaired) electrons. The number of anilines is 1. The fourth-order valence-electron chi connectivity index (χ4n) is 2.78. The maximum Gasteiger partial charge on any atom is 0.387 e. The third-order valence-corrected chi connectivity index (χ3v) is 3.92. The summed E-state index contributed by atoms with van der Waals surface area (Å²) >= 11 is 0. The Bertz CT molecular complexity index is 815. The largest absolute Gasteiger partial charge is 0.433 e. The third kappa shape index (κ3) is 4.03. The highest BCUT2D eigenvalue weighted by molar-refractivity contribution is 5.91. The second-order valence-electron chi connectivity index (χ2n) is 5.61. The van der Waals surface area contributed by atoms with Crippen molar-refractivity contribution in [3.63, 3.8) is 0 Å². The van der Waals surface area contributed by atoms with Crippen LogP contribution in [0.4, 0.5) is 19.3 Å². The minimum absolute atomic E-state index is 0.0108. The molecular formula is C16H15F2N5O2. The number of aryl methyl sites for hydroxylation is 1. The first kappa shape index (κ1) is 16.7. The van der Waals surface area contributed by atoms with E-state index in [9.17, 15) is 13.6 Å². The van der Waals surface area contributed by atoms with Gasteiger partial charge in [0.05, 0.1) is 23.5 Å². The molecule has 130 valence electrons. The van der Waals surface area contributed by atoms with Crippen molar-refractivity contribution in [3.05, 3.63) is 41.2 Å². The number of halogens is 2. The van der Waals surface area contributed by atoms with Crippen molar-refractivity contribution < 1.29 is 18.3 Å². The van der Waals surface area contributed by atoms with E-state index in [2.05, 4.69) is 25.6 Å². The van der Waals surface area contributed by atoms with Gasteiger partial charge in [-0.2, -0.15) is 19.1 Å². The molecule has 0 aliphatic heterocycles. The number of rotatable bonds is 4. The van der Waals surface area contributed by atoms with Crippen molar-refractivity contribution >= 4 is 11.7 Å². The monoisotopic (exact) mass is 347 g/mol. The predicted molar refractivity (Wildman–Crippen MR) is 84.3 cm³/mol. The van der Waals surface area contributed by atoms with E-state index >= 15 is 0 Å². The van der Waals surface area contributed by atoms with E-state index in [4.69, 9.17) is 5.26 Å². The molecule has 1 aromatic carbocycles. The second-order valence-corrected chi connectivity index (χ2v) is 5.61. The molecule has 2 amide bonds. The van der Waals surface area contributed by atoms with Gasteiger partial charge in [-0.15, -0.1) is 0 Å². The smallest absolute Gasteiger partial charge is 0.387 e. The van der Waals surface area contributed by atoms with Gasteiger partial charge in [0.15, 0.2) is 0 Å². The fourth-order valence-corrected chi connectivity index (χ4v) is 2.78. The molecule has 25 heavy (non-hydrogen) atoms. The number of hydrogen-bond donors (Lipinski definition) is 3. The van der Waals surface area contributed by atoms with Crippen LogP contribution in [0.15, 0.2) is 24.4 Å². The van der Waals surface area contributed by atoms with Gasteiger partial charge in [0.1, 0.15) is 5.75 Å². The lowest BCUT2D eigenvalue weighted by atomic mass is 9.94. The maximum absolute atomic E-state index is 12.5. The predicted octanol–water partition coefficient (Wildman–Crippen LogP) is 2.56. The molecule has 0 bridgehead atoms. The van der Waals surface area contributed by atoms with Crippen LogP contribution in [0.5, 0.6) is 5.75 Å². The van der Waals surface area contributed by atoms with Crippen molar-refractivity contribution in [3.8, 4) is 11.8 Å². The lowest BCUT2D eigenvalue weighted by molar-refractivity contribution is -0.0493. The maximum atomic E-state index is 12.5. The van der Waals surface area contributed by atoms with E-state index in [0.717, 1.165) is 24.1 Å². The lowest BCUT2D eigenvalue weighted by Crippen LogP contribution is -2.41. The summed E-state index contributed by atoms with van der Waals surface area (Å²) in [6.45, 7) is -3.03. The van der Waals surface area contributed by atoms with E-state index in [1.54, 1.807) is 6.20 Å². The highest BCUT2D eigenvalue weighted by Crippen LogP contribution is 2.27. The Balaban J connectivity index is 1.67. The van der Waals surface area contributed by atoms with Crippen molar-refractivity contribution in [2.24, 2.45) is 0 Å². The normalized spacial score (nSPS) is 16.0. The van der Waals surface area contributed by atoms with Crippen LogP contribution in [0.25, 0.3) is 0 Å². The number of nitriles is 1. The molecule has 1 aliphatic carbocycles. The summed E-state index contributed by atoms with van der Waals surface area (Å²) in [5, 5.41) is 21.1. The molecule has 0 spiro atoms. The zero-order valence-electron chi connectivity index (χ0n) is 13.1. The van der Waals surface area contributed by atoms with Gasteiger partial charge in [0.2, 0.25) is 0 Å². The molecule has 1 unspecified atom stereocenters. The topological polar surface area (TPSA) is 103 Å². The van der Waals surface area contributed by atoms with E-state index in [0.29, 0.717) is 6.42 Å². The Kier molecular flexibility index (Phi) is 4.79. The number of urea groups is 1. The molecular weight excluding hydrogens is 332 g/mol. The van der Waals surface area contributed by atoms with Crippen LogP contribution in [-0.4, -0.2) is 28.9 Å². The second kappa shape index (κ2) is 7.17. The van der Waals surface area contributed by atoms with E-state index in [-0.39, 0.29) is 23.0 Å². The van der Waals surface area contributed by atoms with Gasteiger partial charge in [-0.25, -0.2) is 4.79 Å². The number of benzene rings is 1. The van der Waals surface area contributed by atoms with E-state index < -0.39 is 12.6 Å². The number of aromatic amines is 1. The van der Waals surface area contributed by atoms with Crippen LogP contribution in [0.2, 0.25) is 0 Å². The van der Waals surface area contributed by atoms with Gasteiger partial charge in [-0.3, -0.25) is 5.10 Å². The minimum atomic E-state index is -3.03. The first-order valence-corrected chi connectivity index (χ1v) is 7.62. The number of H-pyrrole nitrogens is 1. The molecule has 3 rings (SSSR count). The summed E-state index contributed by atoms with van der Waals surface area (Å²) in [5.74, 6) is -0.204. The van der Waals surface area contributed by atoms with Crippen molar-refractivity contribution in [2.75, 3.05) is 5.32 Å². The number of hydrogen-bond acceptors (Lipinski definition) is 4. The Morgan fingerprint density at radius 1 is 1.48 bits per heavy atom. The number of fused-ring (bicyclic) bond motifs is 1. The highest BCUT2D eigenvalue weighted by Gasteiger charge is 2.22. The van der Waals surface area contributed by atoms with Crippen LogP contribution < -0.4 is 15.4 Å². The van der Waals surface area contributed by atoms with Crippen molar-refractivity contribution in [1.82, 2.24) is 15.5 Å². The number of carbonyl (C=O) groups excluding carboxylic acids is 1. The molecule has 7 nitrogen and oxygen atoms in total. The zero-order valence-corrected chi connectivity index (χ0v) is 13.1. The SMILES string of the molecule is N#Cc1ccc(OC(F)F)c(NC(=O)NC2CCc3[nH]ncc3C2)c1. The molecule has 2 aromatic rings. The van der Waals surface area contributed by atoms with E-state index in [1.807, 2.05) is 6.07 Å². The lowest BCUT2D eigenvalue weighted by Gasteiger charge is -2.23. The van der Waals surface area contributed by atoms with Crippen LogP contribution >= 0.6 is 0 Å². The van der Waals surface area contributed by atoms with E-state index in [1.165, 1.54) is 18.2 Å². The van der Waals surface area contributed by atoms with Crippen LogP contribution in [-0.2, 0) is 12.8 Å². The fraction of sp³-hybridized carbons (Fsp3) is 0.312. The third-order valence-electron chi connectivity index (χ3n) is 3.92. The first-order chi connectivity index (χ1) is 12.0. The summed E-state index contributed by atoms with van der Waals surface area (Å²) in [6.07, 6.45) is 3.87. The van der Waals surface area contributed by atoms with Gasteiger partial charge in [-0.1, -0.05) is 0 Å². The van der Waals surface area contributed by atoms with Gasteiger partial charge in [0.25, 0.3) is 0 Å². The molecule has 1 heterocycles.